The van der Waals surface area contributed by atoms with Crippen LogP contribution in [0.2, 0.25) is 0 Å². The number of thiophene rings is 1. The number of aromatic nitrogens is 2. The fourth-order valence-corrected chi connectivity index (χ4v) is 5.48. The number of rotatable bonds is 8. The first-order valence-corrected chi connectivity index (χ1v) is 12.4. The van der Waals surface area contributed by atoms with Crippen LogP contribution < -0.4 is 16.0 Å². The smallest absolute Gasteiger partial charge is 0.267 e. The Morgan fingerprint density at radius 1 is 1.09 bits per heavy atom. The van der Waals surface area contributed by atoms with Crippen LogP contribution in [0.25, 0.3) is 15.9 Å². The molecule has 9 heteroatoms. The predicted octanol–water partition coefficient (Wildman–Crippen LogP) is 2.63. The summed E-state index contributed by atoms with van der Waals surface area (Å²) in [4.78, 5) is 44.0. The summed E-state index contributed by atoms with van der Waals surface area (Å²) in [5.41, 5.74) is 2.12. The third-order valence-electron chi connectivity index (χ3n) is 5.42. The van der Waals surface area contributed by atoms with E-state index in [1.807, 2.05) is 38.1 Å². The average Bonchev–Trinajstić information content (AvgIpc) is 3.12. The Balaban J connectivity index is 1.59. The van der Waals surface area contributed by atoms with Crippen LogP contribution in [0.4, 0.5) is 0 Å². The number of hydrogen-bond acceptors (Lipinski definition) is 7. The van der Waals surface area contributed by atoms with Crippen LogP contribution in [0.5, 0.6) is 0 Å². The molecular weight excluding hydrogens is 470 g/mol. The highest BCUT2D eigenvalue weighted by Crippen LogP contribution is 2.29. The molecule has 2 heterocycles. The van der Waals surface area contributed by atoms with Gasteiger partial charge in [0.15, 0.2) is 5.16 Å². The minimum absolute atomic E-state index is 0.104. The van der Waals surface area contributed by atoms with Crippen LogP contribution >= 0.6 is 23.1 Å². The number of carboxylic acids is 1. The Morgan fingerprint density at radius 3 is 2.38 bits per heavy atom. The molecule has 2 aromatic carbocycles. The number of thioether (sulfide) groups is 1. The predicted molar refractivity (Wildman–Crippen MR) is 132 cm³/mol. The van der Waals surface area contributed by atoms with Crippen molar-refractivity contribution >= 4 is 45.2 Å². The molecule has 4 aromatic rings. The second-order valence-corrected chi connectivity index (χ2v) is 9.90. The number of carbonyl (C=O) groups is 2. The Hall–Kier alpha value is -3.43. The standard InChI is InChI=1S/C25H23N3O4S2/c1-15-16(2)34-22-21(15)23(30)28(18-11-7-4-8-12-18)25(27-22)33-14-20(29)26-19(24(31)32)13-17-9-5-3-6-10-17/h3-12,19H,13-14H2,1-2H3,(H,26,29)(H,31,32)/p-1/t19-/m0/s1. The van der Waals surface area contributed by atoms with Gasteiger partial charge in [-0.05, 0) is 43.5 Å². The Bertz CT molecular complexity index is 1400. The maximum Gasteiger partial charge on any atom is 0.267 e. The monoisotopic (exact) mass is 492 g/mol. The van der Waals surface area contributed by atoms with Crippen molar-refractivity contribution in [2.75, 3.05) is 5.75 Å². The molecule has 1 amide bonds. The van der Waals surface area contributed by atoms with E-state index in [1.54, 1.807) is 36.4 Å². The van der Waals surface area contributed by atoms with Gasteiger partial charge in [0.05, 0.1) is 28.8 Å². The maximum atomic E-state index is 13.4. The van der Waals surface area contributed by atoms with E-state index in [-0.39, 0.29) is 17.7 Å². The molecule has 0 aliphatic heterocycles. The lowest BCUT2D eigenvalue weighted by molar-refractivity contribution is -0.308. The molecule has 0 saturated carbocycles. The number of fused-ring (bicyclic) bond motifs is 1. The maximum absolute atomic E-state index is 13.4. The van der Waals surface area contributed by atoms with Crippen LogP contribution in [-0.4, -0.2) is 33.2 Å². The quantitative estimate of drug-likeness (QED) is 0.300. The summed E-state index contributed by atoms with van der Waals surface area (Å²) in [7, 11) is 0. The summed E-state index contributed by atoms with van der Waals surface area (Å²) in [6, 6.07) is 17.0. The third-order valence-corrected chi connectivity index (χ3v) is 7.46. The van der Waals surface area contributed by atoms with Crippen molar-refractivity contribution in [3.05, 3.63) is 87.0 Å². The van der Waals surface area contributed by atoms with Gasteiger partial charge >= 0.3 is 0 Å². The number of benzene rings is 2. The molecule has 1 N–H and O–H groups in total. The molecule has 1 atom stereocenters. The van der Waals surface area contributed by atoms with Crippen molar-refractivity contribution in [1.29, 1.82) is 0 Å². The normalized spacial score (nSPS) is 11.9. The molecule has 0 aliphatic carbocycles. The van der Waals surface area contributed by atoms with Crippen molar-refractivity contribution < 1.29 is 14.7 Å². The first-order chi connectivity index (χ1) is 16.3. The molecule has 0 bridgehead atoms. The van der Waals surface area contributed by atoms with Gasteiger partial charge in [-0.15, -0.1) is 11.3 Å². The molecule has 174 valence electrons. The third kappa shape index (κ3) is 5.05. The second kappa shape index (κ2) is 10.2. The van der Waals surface area contributed by atoms with E-state index in [4.69, 9.17) is 0 Å². The van der Waals surface area contributed by atoms with Gasteiger partial charge in [0.2, 0.25) is 5.91 Å². The minimum atomic E-state index is -1.35. The summed E-state index contributed by atoms with van der Waals surface area (Å²) in [6.45, 7) is 3.85. The fraction of sp³-hybridized carbons (Fsp3) is 0.200. The lowest BCUT2D eigenvalue weighted by Gasteiger charge is -2.20. The van der Waals surface area contributed by atoms with Crippen LogP contribution in [0.3, 0.4) is 0 Å². The number of amides is 1. The van der Waals surface area contributed by atoms with Gasteiger partial charge in [-0.2, -0.15) is 0 Å². The summed E-state index contributed by atoms with van der Waals surface area (Å²) in [5.74, 6) is -1.94. The van der Waals surface area contributed by atoms with Crippen molar-refractivity contribution in [2.24, 2.45) is 0 Å². The number of nitrogens with zero attached hydrogens (tertiary/aromatic N) is 2. The Kier molecular flexibility index (Phi) is 7.14. The molecule has 0 aliphatic rings. The first kappa shape index (κ1) is 23.7. The largest absolute Gasteiger partial charge is 0.548 e. The topological polar surface area (TPSA) is 104 Å². The van der Waals surface area contributed by atoms with E-state index in [0.29, 0.717) is 21.1 Å². The van der Waals surface area contributed by atoms with Gasteiger partial charge in [0.1, 0.15) is 4.83 Å². The average molecular weight is 493 g/mol. The number of aryl methyl sites for hydroxylation is 2. The van der Waals surface area contributed by atoms with Gasteiger partial charge < -0.3 is 15.2 Å². The van der Waals surface area contributed by atoms with Crippen molar-refractivity contribution in [3.63, 3.8) is 0 Å². The molecule has 4 rings (SSSR count). The first-order valence-electron chi connectivity index (χ1n) is 10.6. The highest BCUT2D eigenvalue weighted by molar-refractivity contribution is 7.99. The number of hydrogen-bond donors (Lipinski definition) is 1. The van der Waals surface area contributed by atoms with Crippen LogP contribution in [0, 0.1) is 13.8 Å². The number of aliphatic carboxylic acids is 1. The molecule has 0 unspecified atom stereocenters. The Labute approximate surface area is 204 Å². The van der Waals surface area contributed by atoms with Gasteiger partial charge in [-0.25, -0.2) is 4.98 Å². The van der Waals surface area contributed by atoms with E-state index in [2.05, 4.69) is 10.3 Å². The zero-order valence-corrected chi connectivity index (χ0v) is 20.2. The molecule has 34 heavy (non-hydrogen) atoms. The number of para-hydroxylation sites is 1. The molecule has 0 saturated heterocycles. The molecule has 0 spiro atoms. The molecule has 7 nitrogen and oxygen atoms in total. The zero-order valence-electron chi connectivity index (χ0n) is 18.6. The van der Waals surface area contributed by atoms with Crippen molar-refractivity contribution in [3.8, 4) is 5.69 Å². The van der Waals surface area contributed by atoms with E-state index in [0.717, 1.165) is 27.8 Å². The van der Waals surface area contributed by atoms with Gasteiger partial charge in [0.25, 0.3) is 5.56 Å². The second-order valence-electron chi connectivity index (χ2n) is 7.75. The number of carboxylic acid groups (broad SMARTS) is 1. The number of carbonyl (C=O) groups excluding carboxylic acids is 2. The summed E-state index contributed by atoms with van der Waals surface area (Å²) in [5, 5.41) is 15.1. The van der Waals surface area contributed by atoms with E-state index < -0.39 is 17.9 Å². The van der Waals surface area contributed by atoms with Crippen LogP contribution in [0.15, 0.2) is 70.6 Å². The lowest BCUT2D eigenvalue weighted by Crippen LogP contribution is -2.49. The van der Waals surface area contributed by atoms with E-state index >= 15 is 0 Å². The molecule has 2 aromatic heterocycles. The zero-order chi connectivity index (χ0) is 24.2. The minimum Gasteiger partial charge on any atom is -0.548 e. The summed E-state index contributed by atoms with van der Waals surface area (Å²) in [6.07, 6.45) is 0.117. The van der Waals surface area contributed by atoms with E-state index in [9.17, 15) is 19.5 Å². The van der Waals surface area contributed by atoms with Gasteiger partial charge in [0, 0.05) is 4.88 Å². The highest BCUT2D eigenvalue weighted by Gasteiger charge is 2.20. The SMILES string of the molecule is Cc1sc2nc(SCC(=O)N[C@@H](Cc3ccccc3)C(=O)[O-])n(-c3ccccc3)c(=O)c2c1C. The van der Waals surface area contributed by atoms with E-state index in [1.165, 1.54) is 15.9 Å². The molecule has 0 radical (unpaired) electrons. The lowest BCUT2D eigenvalue weighted by atomic mass is 10.1. The van der Waals surface area contributed by atoms with Crippen molar-refractivity contribution in [1.82, 2.24) is 14.9 Å². The van der Waals surface area contributed by atoms with Crippen molar-refractivity contribution in [2.45, 2.75) is 31.5 Å². The van der Waals surface area contributed by atoms with Gasteiger partial charge in [-0.3, -0.25) is 14.2 Å². The Morgan fingerprint density at radius 2 is 1.74 bits per heavy atom. The summed E-state index contributed by atoms with van der Waals surface area (Å²) < 4.78 is 1.50. The van der Waals surface area contributed by atoms with Gasteiger partial charge in [-0.1, -0.05) is 60.3 Å². The number of nitrogens with one attached hydrogen (secondary N) is 1. The van der Waals surface area contributed by atoms with Crippen LogP contribution in [-0.2, 0) is 16.0 Å². The highest BCUT2D eigenvalue weighted by atomic mass is 32.2. The molecule has 0 fully saturated rings. The summed E-state index contributed by atoms with van der Waals surface area (Å²) >= 11 is 2.52. The fourth-order valence-electron chi connectivity index (χ4n) is 3.59. The molecular formula is C25H22N3O4S2-. The van der Waals surface area contributed by atoms with Crippen LogP contribution in [0.1, 0.15) is 16.0 Å².